The highest BCUT2D eigenvalue weighted by Crippen LogP contribution is 2.13. The maximum Gasteiger partial charge on any atom is 0.279 e. The van der Waals surface area contributed by atoms with Crippen LogP contribution in [0.5, 0.6) is 0 Å². The summed E-state index contributed by atoms with van der Waals surface area (Å²) in [6, 6.07) is 2.84. The van der Waals surface area contributed by atoms with Gasteiger partial charge in [0.15, 0.2) is 22.6 Å². The molecule has 0 aliphatic heterocycles. The maximum absolute atomic E-state index is 13.4. The zero-order valence-electron chi connectivity index (χ0n) is 8.36. The number of fused-ring (bicyclic) bond motifs is 3. The van der Waals surface area contributed by atoms with Crippen LogP contribution >= 0.6 is 0 Å². The molecule has 0 spiro atoms. The second kappa shape index (κ2) is 2.88. The molecular weight excluding hydrogens is 211 g/mol. The molecule has 3 aromatic rings. The zero-order valence-corrected chi connectivity index (χ0v) is 8.36. The predicted octanol–water partition coefficient (Wildman–Crippen LogP) is 1.02. The van der Waals surface area contributed by atoms with E-state index in [1.165, 1.54) is 10.5 Å². The zero-order chi connectivity index (χ0) is 11.3. The summed E-state index contributed by atoms with van der Waals surface area (Å²) in [5, 5.41) is 0. The second-order valence-corrected chi connectivity index (χ2v) is 3.49. The average molecular weight is 218 g/mol. The number of aryl methyl sites for hydroxylation is 1. The normalized spacial score (nSPS) is 11.4. The van der Waals surface area contributed by atoms with Crippen LogP contribution in [-0.2, 0) is 0 Å². The van der Waals surface area contributed by atoms with Crippen LogP contribution in [0.4, 0.5) is 4.39 Å². The highest BCUT2D eigenvalue weighted by Gasteiger charge is 2.12. The number of hydrogen-bond donors (Lipinski definition) is 1. The van der Waals surface area contributed by atoms with Crippen molar-refractivity contribution in [3.05, 3.63) is 40.3 Å². The highest BCUT2D eigenvalue weighted by atomic mass is 19.1. The molecule has 3 rings (SSSR count). The van der Waals surface area contributed by atoms with Gasteiger partial charge in [0.25, 0.3) is 5.56 Å². The van der Waals surface area contributed by atoms with Crippen LogP contribution in [0.1, 0.15) is 5.82 Å². The van der Waals surface area contributed by atoms with Gasteiger partial charge in [0, 0.05) is 6.20 Å². The van der Waals surface area contributed by atoms with E-state index in [0.29, 0.717) is 11.5 Å². The molecule has 6 heteroatoms. The van der Waals surface area contributed by atoms with Gasteiger partial charge in [-0.25, -0.2) is 14.4 Å². The fourth-order valence-electron chi connectivity index (χ4n) is 1.69. The summed E-state index contributed by atoms with van der Waals surface area (Å²) in [6.45, 7) is 1.67. The number of pyridine rings is 1. The molecule has 16 heavy (non-hydrogen) atoms. The lowest BCUT2D eigenvalue weighted by atomic mass is 10.4. The van der Waals surface area contributed by atoms with E-state index in [4.69, 9.17) is 0 Å². The third-order valence-corrected chi connectivity index (χ3v) is 2.36. The molecule has 0 radical (unpaired) electrons. The van der Waals surface area contributed by atoms with E-state index in [9.17, 15) is 9.18 Å². The minimum Gasteiger partial charge on any atom is -0.309 e. The minimum absolute atomic E-state index is 0.112. The first-order valence-corrected chi connectivity index (χ1v) is 4.70. The number of halogens is 1. The lowest BCUT2D eigenvalue weighted by Crippen LogP contribution is -2.09. The number of aromatic nitrogens is 4. The Kier molecular flexibility index (Phi) is 1.62. The van der Waals surface area contributed by atoms with Crippen molar-refractivity contribution in [1.82, 2.24) is 19.4 Å². The fourth-order valence-corrected chi connectivity index (χ4v) is 1.69. The first-order valence-electron chi connectivity index (χ1n) is 4.70. The fraction of sp³-hybridized carbons (Fsp3) is 0.100. The van der Waals surface area contributed by atoms with Crippen LogP contribution in [0.3, 0.4) is 0 Å². The molecule has 80 valence electrons. The van der Waals surface area contributed by atoms with Crippen molar-refractivity contribution < 1.29 is 4.39 Å². The molecule has 0 amide bonds. The van der Waals surface area contributed by atoms with E-state index in [-0.39, 0.29) is 16.7 Å². The van der Waals surface area contributed by atoms with Crippen LogP contribution in [0, 0.1) is 12.7 Å². The molecule has 5 nitrogen and oxygen atoms in total. The third kappa shape index (κ3) is 1.06. The van der Waals surface area contributed by atoms with Crippen molar-refractivity contribution in [2.75, 3.05) is 0 Å². The van der Waals surface area contributed by atoms with E-state index >= 15 is 0 Å². The van der Waals surface area contributed by atoms with Gasteiger partial charge in [-0.3, -0.25) is 9.20 Å². The van der Waals surface area contributed by atoms with Crippen molar-refractivity contribution in [2.24, 2.45) is 0 Å². The van der Waals surface area contributed by atoms with Crippen LogP contribution in [0.15, 0.2) is 23.1 Å². The summed E-state index contributed by atoms with van der Waals surface area (Å²) in [4.78, 5) is 22.2. The van der Waals surface area contributed by atoms with Crippen molar-refractivity contribution in [3.8, 4) is 0 Å². The van der Waals surface area contributed by atoms with Gasteiger partial charge in [0.05, 0.1) is 0 Å². The minimum atomic E-state index is -0.474. The Labute approximate surface area is 88.6 Å². The average Bonchev–Trinajstić information content (AvgIpc) is 2.59. The summed E-state index contributed by atoms with van der Waals surface area (Å²) < 4.78 is 14.9. The quantitative estimate of drug-likeness (QED) is 0.612. The third-order valence-electron chi connectivity index (χ3n) is 2.36. The first kappa shape index (κ1) is 9.02. The van der Waals surface area contributed by atoms with Crippen LogP contribution < -0.4 is 5.56 Å². The largest absolute Gasteiger partial charge is 0.309 e. The Morgan fingerprint density at radius 1 is 1.38 bits per heavy atom. The molecule has 0 saturated heterocycles. The molecule has 1 N–H and O–H groups in total. The number of H-pyrrole nitrogens is 1. The molecule has 0 fully saturated rings. The molecule has 3 aromatic heterocycles. The van der Waals surface area contributed by atoms with Crippen molar-refractivity contribution in [1.29, 1.82) is 0 Å². The van der Waals surface area contributed by atoms with Gasteiger partial charge in [0.1, 0.15) is 5.82 Å². The number of nitrogens with one attached hydrogen (secondary N) is 1. The monoisotopic (exact) mass is 218 g/mol. The van der Waals surface area contributed by atoms with Crippen molar-refractivity contribution in [2.45, 2.75) is 6.92 Å². The molecule has 0 bridgehead atoms. The molecule has 0 aliphatic carbocycles. The van der Waals surface area contributed by atoms with Gasteiger partial charge in [-0.15, -0.1) is 0 Å². The predicted molar refractivity (Wildman–Crippen MR) is 55.8 cm³/mol. The molecule has 3 heterocycles. The smallest absolute Gasteiger partial charge is 0.279 e. The Morgan fingerprint density at radius 3 is 3.00 bits per heavy atom. The van der Waals surface area contributed by atoms with Crippen molar-refractivity contribution >= 4 is 16.8 Å². The van der Waals surface area contributed by atoms with Crippen LogP contribution in [-0.4, -0.2) is 19.4 Å². The van der Waals surface area contributed by atoms with Gasteiger partial charge in [-0.1, -0.05) is 0 Å². The lowest BCUT2D eigenvalue weighted by molar-refractivity contribution is 0.630. The van der Waals surface area contributed by atoms with Gasteiger partial charge >= 0.3 is 0 Å². The van der Waals surface area contributed by atoms with Gasteiger partial charge in [-0.2, -0.15) is 0 Å². The molecular formula is C10H7FN4O. The van der Waals surface area contributed by atoms with E-state index in [2.05, 4.69) is 15.0 Å². The molecule has 0 saturated carbocycles. The number of nitrogens with zero attached hydrogens (tertiary/aromatic N) is 3. The Morgan fingerprint density at radius 2 is 2.19 bits per heavy atom. The van der Waals surface area contributed by atoms with E-state index in [0.717, 1.165) is 0 Å². The molecule has 0 aliphatic rings. The summed E-state index contributed by atoms with van der Waals surface area (Å²) in [5.74, 6) is 0.00103. The van der Waals surface area contributed by atoms with E-state index < -0.39 is 5.82 Å². The van der Waals surface area contributed by atoms with E-state index in [1.54, 1.807) is 19.2 Å². The second-order valence-electron chi connectivity index (χ2n) is 3.49. The summed E-state index contributed by atoms with van der Waals surface area (Å²) in [7, 11) is 0. The van der Waals surface area contributed by atoms with Gasteiger partial charge in [0.2, 0.25) is 0 Å². The molecule has 0 aromatic carbocycles. The van der Waals surface area contributed by atoms with Crippen LogP contribution in [0.25, 0.3) is 16.8 Å². The Bertz CT molecular complexity index is 758. The first-order chi connectivity index (χ1) is 7.66. The highest BCUT2D eigenvalue weighted by molar-refractivity contribution is 5.75. The molecule has 0 unspecified atom stereocenters. The summed E-state index contributed by atoms with van der Waals surface area (Å²) in [6.07, 6.45) is 1.62. The Hall–Kier alpha value is -2.24. The SMILES string of the molecule is Cc1nc2c(nc3c(F)cccn32)c(=O)[nH]1. The number of hydrogen-bond acceptors (Lipinski definition) is 3. The van der Waals surface area contributed by atoms with Crippen molar-refractivity contribution in [3.63, 3.8) is 0 Å². The van der Waals surface area contributed by atoms with Crippen LogP contribution in [0.2, 0.25) is 0 Å². The summed E-state index contributed by atoms with van der Waals surface area (Å²) >= 11 is 0. The number of rotatable bonds is 0. The standard InChI is InChI=1S/C10H7FN4O/c1-5-12-9-7(10(16)13-5)14-8-6(11)3-2-4-15(8)9/h2-4H,1H3,(H,12,13,16). The topological polar surface area (TPSA) is 63.1 Å². The number of imidazole rings is 1. The van der Waals surface area contributed by atoms with Gasteiger partial charge < -0.3 is 4.98 Å². The van der Waals surface area contributed by atoms with Gasteiger partial charge in [-0.05, 0) is 19.1 Å². The molecule has 0 atom stereocenters. The summed E-state index contributed by atoms with van der Waals surface area (Å²) in [5.41, 5.74) is 0.276. The number of aromatic amines is 1. The Balaban J connectivity index is 2.67. The lowest BCUT2D eigenvalue weighted by Gasteiger charge is -1.95. The maximum atomic E-state index is 13.4. The van der Waals surface area contributed by atoms with E-state index in [1.807, 2.05) is 0 Å².